The van der Waals surface area contributed by atoms with Crippen molar-refractivity contribution in [3.63, 3.8) is 0 Å². The molecule has 0 N–H and O–H groups in total. The van der Waals surface area contributed by atoms with Crippen LogP contribution in [0.5, 0.6) is 0 Å². The van der Waals surface area contributed by atoms with E-state index in [4.69, 9.17) is 9.47 Å². The molecule has 0 saturated carbocycles. The Morgan fingerprint density at radius 3 is 1.24 bits per heavy atom. The number of esters is 2. The van der Waals surface area contributed by atoms with Crippen molar-refractivity contribution in [1.82, 2.24) is 0 Å². The Morgan fingerprint density at radius 2 is 0.882 bits per heavy atom. The normalized spacial score (nSPS) is 11.0. The number of benzene rings is 3. The molecule has 34 heavy (non-hydrogen) atoms. The third-order valence-corrected chi connectivity index (χ3v) is 5.58. The molecule has 0 amide bonds. The highest BCUT2D eigenvalue weighted by Gasteiger charge is 2.20. The summed E-state index contributed by atoms with van der Waals surface area (Å²) in [4.78, 5) is 25.8. The summed E-state index contributed by atoms with van der Waals surface area (Å²) in [6.07, 6.45) is 1.82. The summed E-state index contributed by atoms with van der Waals surface area (Å²) in [5.74, 6) is -0.0738. The molecule has 0 unspecified atom stereocenters. The van der Waals surface area contributed by atoms with Gasteiger partial charge in [0.1, 0.15) is 13.2 Å². The van der Waals surface area contributed by atoms with Crippen LogP contribution in [-0.2, 0) is 35.5 Å². The molecule has 4 nitrogen and oxygen atoms in total. The molecule has 3 rings (SSSR count). The highest BCUT2D eigenvalue weighted by molar-refractivity contribution is 6.03. The molecule has 0 spiro atoms. The topological polar surface area (TPSA) is 52.6 Å². The lowest BCUT2D eigenvalue weighted by Crippen LogP contribution is -2.15. The summed E-state index contributed by atoms with van der Waals surface area (Å²) in [6.45, 7) is 8.96. The van der Waals surface area contributed by atoms with Gasteiger partial charge in [0.05, 0.1) is 11.1 Å². The van der Waals surface area contributed by atoms with Crippen LogP contribution in [0.2, 0.25) is 0 Å². The molecule has 0 aromatic heterocycles. The second-order valence-corrected chi connectivity index (χ2v) is 9.43. The second-order valence-electron chi connectivity index (χ2n) is 9.43. The van der Waals surface area contributed by atoms with Crippen molar-refractivity contribution < 1.29 is 19.1 Å². The van der Waals surface area contributed by atoms with E-state index < -0.39 is 11.9 Å². The van der Waals surface area contributed by atoms with Crippen molar-refractivity contribution in [2.24, 2.45) is 11.8 Å². The van der Waals surface area contributed by atoms with Crippen molar-refractivity contribution in [3.05, 3.63) is 106 Å². The first kappa shape index (κ1) is 25.2. The quantitative estimate of drug-likeness (QED) is 0.314. The molecule has 0 saturated heterocycles. The third kappa shape index (κ3) is 7.05. The van der Waals surface area contributed by atoms with E-state index in [0.717, 1.165) is 35.1 Å². The van der Waals surface area contributed by atoms with Crippen molar-refractivity contribution in [1.29, 1.82) is 0 Å². The summed E-state index contributed by atoms with van der Waals surface area (Å²) in [7, 11) is 0. The maximum atomic E-state index is 12.9. The maximum Gasteiger partial charge on any atom is 0.339 e. The summed E-state index contributed by atoms with van der Waals surface area (Å²) < 4.78 is 11.2. The van der Waals surface area contributed by atoms with E-state index >= 15 is 0 Å². The largest absolute Gasteiger partial charge is 0.457 e. The van der Waals surface area contributed by atoms with Gasteiger partial charge in [-0.1, -0.05) is 88.4 Å². The number of ether oxygens (including phenoxy) is 2. The summed E-state index contributed by atoms with van der Waals surface area (Å²) in [6, 6.07) is 22.6. The van der Waals surface area contributed by atoms with Gasteiger partial charge in [-0.05, 0) is 59.1 Å². The minimum absolute atomic E-state index is 0.160. The Morgan fingerprint density at radius 1 is 0.559 bits per heavy atom. The van der Waals surface area contributed by atoms with Crippen LogP contribution in [0.25, 0.3) is 0 Å². The lowest BCUT2D eigenvalue weighted by Gasteiger charge is -2.14. The molecule has 0 radical (unpaired) electrons. The lowest BCUT2D eigenvalue weighted by molar-refractivity contribution is 0.0424. The van der Waals surface area contributed by atoms with Gasteiger partial charge in [0, 0.05) is 0 Å². The summed E-state index contributed by atoms with van der Waals surface area (Å²) in [5, 5.41) is 0. The first-order valence-electron chi connectivity index (χ1n) is 11.9. The molecule has 178 valence electrons. The second kappa shape index (κ2) is 12.2. The molecule has 0 atom stereocenters. The van der Waals surface area contributed by atoms with Gasteiger partial charge in [0.2, 0.25) is 0 Å². The predicted molar refractivity (Wildman–Crippen MR) is 135 cm³/mol. The highest BCUT2D eigenvalue weighted by atomic mass is 16.5. The molecule has 3 aromatic carbocycles. The van der Waals surface area contributed by atoms with Crippen molar-refractivity contribution in [2.75, 3.05) is 0 Å². The molecule has 4 heteroatoms. The zero-order chi connectivity index (χ0) is 24.5. The number of carbonyl (C=O) groups is 2. The van der Waals surface area contributed by atoms with E-state index in [-0.39, 0.29) is 24.3 Å². The Balaban J connectivity index is 1.69. The first-order valence-corrected chi connectivity index (χ1v) is 11.9. The van der Waals surface area contributed by atoms with Crippen LogP contribution in [-0.4, -0.2) is 11.9 Å². The average molecular weight is 459 g/mol. The average Bonchev–Trinajstić information content (AvgIpc) is 2.82. The Bertz CT molecular complexity index is 1030. The molecule has 0 bridgehead atoms. The van der Waals surface area contributed by atoms with Gasteiger partial charge >= 0.3 is 11.9 Å². The fourth-order valence-electron chi connectivity index (χ4n) is 3.96. The van der Waals surface area contributed by atoms with Crippen LogP contribution >= 0.6 is 0 Å². The van der Waals surface area contributed by atoms with Gasteiger partial charge < -0.3 is 9.47 Å². The number of carbonyl (C=O) groups excluding carboxylic acids is 2. The molecule has 0 heterocycles. The van der Waals surface area contributed by atoms with Crippen LogP contribution < -0.4 is 0 Å². The zero-order valence-corrected chi connectivity index (χ0v) is 20.5. The Kier molecular flexibility index (Phi) is 9.03. The molecular formula is C30H34O4. The van der Waals surface area contributed by atoms with E-state index in [2.05, 4.69) is 39.8 Å². The third-order valence-electron chi connectivity index (χ3n) is 5.58. The van der Waals surface area contributed by atoms with Crippen molar-refractivity contribution >= 4 is 11.9 Å². The summed E-state index contributed by atoms with van der Waals surface area (Å²) >= 11 is 0. The smallest absolute Gasteiger partial charge is 0.339 e. The number of rotatable bonds is 10. The minimum Gasteiger partial charge on any atom is -0.457 e. The van der Waals surface area contributed by atoms with E-state index in [0.29, 0.717) is 11.8 Å². The highest BCUT2D eigenvalue weighted by Crippen LogP contribution is 2.19. The Labute approximate surface area is 202 Å². The van der Waals surface area contributed by atoms with Gasteiger partial charge in [-0.25, -0.2) is 9.59 Å². The number of hydrogen-bond donors (Lipinski definition) is 0. The van der Waals surface area contributed by atoms with Gasteiger partial charge in [0.15, 0.2) is 0 Å². The van der Waals surface area contributed by atoms with Crippen LogP contribution in [0.1, 0.15) is 70.7 Å². The fourth-order valence-corrected chi connectivity index (χ4v) is 3.96. The van der Waals surface area contributed by atoms with Crippen LogP contribution in [0.4, 0.5) is 0 Å². The molecule has 3 aromatic rings. The van der Waals surface area contributed by atoms with E-state index in [1.54, 1.807) is 24.3 Å². The van der Waals surface area contributed by atoms with Crippen LogP contribution in [0, 0.1) is 11.8 Å². The lowest BCUT2D eigenvalue weighted by atomic mass is 9.98. The van der Waals surface area contributed by atoms with E-state index in [9.17, 15) is 9.59 Å². The minimum atomic E-state index is -0.535. The zero-order valence-electron chi connectivity index (χ0n) is 20.5. The Hall–Kier alpha value is -3.40. The van der Waals surface area contributed by atoms with Gasteiger partial charge in [-0.15, -0.1) is 0 Å². The van der Waals surface area contributed by atoms with Gasteiger partial charge in [0.25, 0.3) is 0 Å². The van der Waals surface area contributed by atoms with Gasteiger partial charge in [-0.2, -0.15) is 0 Å². The van der Waals surface area contributed by atoms with E-state index in [1.807, 2.05) is 36.4 Å². The summed E-state index contributed by atoms with van der Waals surface area (Å²) in [5.41, 5.74) is 4.71. The van der Waals surface area contributed by atoms with E-state index in [1.165, 1.54) is 0 Å². The van der Waals surface area contributed by atoms with Crippen LogP contribution in [0.15, 0.2) is 72.8 Å². The SMILES string of the molecule is CC(C)Cc1ccccc1COC(=O)c1ccccc1C(=O)OCc1ccccc1CC(C)C. The first-order chi connectivity index (χ1) is 16.3. The predicted octanol–water partition coefficient (Wildman–Crippen LogP) is 6.80. The van der Waals surface area contributed by atoms with Crippen molar-refractivity contribution in [3.8, 4) is 0 Å². The monoisotopic (exact) mass is 458 g/mol. The maximum absolute atomic E-state index is 12.9. The molecule has 0 aliphatic rings. The molecule has 0 aliphatic heterocycles. The molecule has 0 fully saturated rings. The standard InChI is InChI=1S/C30H34O4/c1-21(2)17-23-11-5-7-13-25(23)19-33-29(31)27-15-9-10-16-28(27)30(32)34-20-26-14-8-6-12-24(26)18-22(3)4/h5-16,21-22H,17-20H2,1-4H3. The number of hydrogen-bond acceptors (Lipinski definition) is 4. The van der Waals surface area contributed by atoms with Crippen LogP contribution in [0.3, 0.4) is 0 Å². The fraction of sp³-hybridized carbons (Fsp3) is 0.333. The van der Waals surface area contributed by atoms with Gasteiger partial charge in [-0.3, -0.25) is 0 Å². The van der Waals surface area contributed by atoms with Crippen molar-refractivity contribution in [2.45, 2.75) is 53.8 Å². The molecular weight excluding hydrogens is 424 g/mol. The molecule has 0 aliphatic carbocycles.